The third kappa shape index (κ3) is 9.40. The second-order valence-corrected chi connectivity index (χ2v) is 18.3. The molecular weight excluding hydrogens is 814 g/mol. The highest BCUT2D eigenvalue weighted by molar-refractivity contribution is 7.63. The topological polar surface area (TPSA) is 195 Å². The van der Waals surface area contributed by atoms with Gasteiger partial charge in [0.2, 0.25) is 11.9 Å². The normalized spacial score (nSPS) is 19.0. The first-order valence-electron chi connectivity index (χ1n) is 20.6. The summed E-state index contributed by atoms with van der Waals surface area (Å²) in [4.78, 5) is 50.4. The van der Waals surface area contributed by atoms with Crippen molar-refractivity contribution < 1.29 is 37.9 Å². The first-order valence-corrected chi connectivity index (χ1v) is 22.4. The molecule has 1 aliphatic heterocycles. The molecule has 16 nitrogen and oxygen atoms in total. The zero-order chi connectivity index (χ0) is 44.8. The third-order valence-electron chi connectivity index (χ3n) is 10.9. The lowest BCUT2D eigenvalue weighted by atomic mass is 9.80. The van der Waals surface area contributed by atoms with Gasteiger partial charge in [-0.25, -0.2) is 9.88 Å². The lowest BCUT2D eigenvalue weighted by molar-refractivity contribution is -0.118. The molecule has 0 saturated carbocycles. The summed E-state index contributed by atoms with van der Waals surface area (Å²) in [5.74, 6) is 0.545. The molecule has 5 atom stereocenters. The highest BCUT2D eigenvalue weighted by Crippen LogP contribution is 2.64. The summed E-state index contributed by atoms with van der Waals surface area (Å²) < 4.78 is 42.1. The lowest BCUT2D eigenvalue weighted by Crippen LogP contribution is -2.45. The van der Waals surface area contributed by atoms with Gasteiger partial charge in [-0.05, 0) is 68.7 Å². The maximum Gasteiger partial charge on any atom is 0.347 e. The highest BCUT2D eigenvalue weighted by atomic mass is 31.2. The molecule has 17 heteroatoms. The molecule has 1 unspecified atom stereocenters. The number of hydrogen-bond acceptors (Lipinski definition) is 13. The van der Waals surface area contributed by atoms with Crippen LogP contribution in [0.1, 0.15) is 70.9 Å². The molecule has 0 radical (unpaired) electrons. The van der Waals surface area contributed by atoms with E-state index in [9.17, 15) is 19.7 Å². The van der Waals surface area contributed by atoms with Crippen LogP contribution in [0.25, 0.3) is 11.2 Å². The van der Waals surface area contributed by atoms with E-state index in [0.29, 0.717) is 11.5 Å². The Morgan fingerprint density at radius 3 is 2.03 bits per heavy atom. The molecule has 0 bridgehead atoms. The molecule has 1 aliphatic rings. The minimum absolute atomic E-state index is 0.00842. The van der Waals surface area contributed by atoms with Crippen LogP contribution in [-0.4, -0.2) is 99.5 Å². The van der Waals surface area contributed by atoms with Gasteiger partial charge in [-0.2, -0.15) is 14.8 Å². The summed E-state index contributed by atoms with van der Waals surface area (Å²) in [7, 11) is 1.15. The fourth-order valence-electron chi connectivity index (χ4n) is 8.09. The molecule has 6 rings (SSSR count). The van der Waals surface area contributed by atoms with Crippen LogP contribution in [0.2, 0.25) is 0 Å². The van der Waals surface area contributed by atoms with Gasteiger partial charge in [0, 0.05) is 25.1 Å². The Bertz CT molecular complexity index is 2310. The van der Waals surface area contributed by atoms with E-state index in [0.717, 1.165) is 16.7 Å². The number of carbonyl (C=O) groups excluding carboxylic acids is 1. The van der Waals surface area contributed by atoms with Crippen LogP contribution in [-0.2, 0) is 29.1 Å². The van der Waals surface area contributed by atoms with Crippen molar-refractivity contribution in [3.63, 3.8) is 0 Å². The van der Waals surface area contributed by atoms with E-state index in [2.05, 4.69) is 26.3 Å². The Morgan fingerprint density at radius 2 is 1.52 bits per heavy atom. The minimum atomic E-state index is -3.57. The second-order valence-electron chi connectivity index (χ2n) is 15.9. The number of rotatable bonds is 19. The molecule has 1 saturated heterocycles. The quantitative estimate of drug-likeness (QED) is 0.0578. The van der Waals surface area contributed by atoms with Gasteiger partial charge in [0.15, 0.2) is 23.5 Å². The molecule has 3 heterocycles. The van der Waals surface area contributed by atoms with E-state index in [-0.39, 0.29) is 60.2 Å². The second kappa shape index (κ2) is 19.9. The average molecular weight is 871 g/mol. The first kappa shape index (κ1) is 46.3. The number of fused-ring (bicyclic) bond motifs is 1. The van der Waals surface area contributed by atoms with Crippen LogP contribution in [0.15, 0.2) is 90.0 Å². The fraction of sp³-hybridized carbons (Fsp3) is 0.444. The van der Waals surface area contributed by atoms with Crippen molar-refractivity contribution >= 4 is 30.9 Å². The predicted octanol–water partition coefficient (Wildman–Crippen LogP) is 6.82. The number of nitrogens with one attached hydrogen (secondary N) is 2. The summed E-state index contributed by atoms with van der Waals surface area (Å²) in [5.41, 5.74) is 0.699. The average Bonchev–Trinajstić information content (AvgIpc) is 3.84. The predicted molar refractivity (Wildman–Crippen MR) is 236 cm³/mol. The maximum absolute atomic E-state index is 13.3. The monoisotopic (exact) mass is 870 g/mol. The van der Waals surface area contributed by atoms with Crippen molar-refractivity contribution in [2.75, 3.05) is 39.4 Å². The van der Waals surface area contributed by atoms with Gasteiger partial charge in [-0.15, -0.1) is 4.67 Å². The van der Waals surface area contributed by atoms with Crippen molar-refractivity contribution in [2.45, 2.75) is 90.2 Å². The molecule has 3 aromatic carbocycles. The Morgan fingerprint density at radius 1 is 0.935 bits per heavy atom. The van der Waals surface area contributed by atoms with Gasteiger partial charge in [-0.3, -0.25) is 24.5 Å². The Labute approximate surface area is 362 Å². The number of aromatic nitrogens is 4. The molecule has 5 aromatic rings. The first-order chi connectivity index (χ1) is 29.7. The Balaban J connectivity index is 1.52. The molecule has 62 heavy (non-hydrogen) atoms. The number of H-pyrrole nitrogens is 1. The molecule has 0 spiro atoms. The summed E-state index contributed by atoms with van der Waals surface area (Å²) in [6.07, 6.45) is -2.42. The molecular formula is C45H57N7O9P+. The Hall–Kier alpha value is -5.24. The lowest BCUT2D eigenvalue weighted by Gasteiger charge is -2.39. The van der Waals surface area contributed by atoms with Crippen molar-refractivity contribution in [1.29, 1.82) is 5.26 Å². The van der Waals surface area contributed by atoms with E-state index < -0.39 is 43.6 Å². The number of ether oxygens (including phenoxy) is 5. The summed E-state index contributed by atoms with van der Waals surface area (Å²) in [6, 6.07) is 27.0. The standard InChI is InChI=1S/C45H56N7O9P/c1-28(2)41(53)49-44-48-40-37(42(54)50-44)47-27-51(40)43-39(58-9)38(61-62(55,25-13-24-46)52(29(3)4)30(5)6)36(60-43)26-59-45(31-14-11-10-12-15-31,32-16-20-34(56-7)21-17-32)33-18-22-35(57-8)23-19-33/h10-12,14-23,27-30,36,38-39,43,55H,13,25-26H2,1-9H3,(H-,48,49,50,53,54)/p+1/t36-,38-,39-,43-,62?/m1/s1. The molecule has 330 valence electrons. The molecule has 2 aromatic heterocycles. The van der Waals surface area contributed by atoms with Crippen molar-refractivity contribution in [2.24, 2.45) is 5.92 Å². The number of methoxy groups -OCH3 is 3. The number of amides is 1. The fourth-order valence-corrected chi connectivity index (χ4v) is 11.0. The van der Waals surface area contributed by atoms with E-state index in [1.165, 1.54) is 13.4 Å². The summed E-state index contributed by atoms with van der Waals surface area (Å²) >= 11 is 0. The molecule has 1 amide bonds. The van der Waals surface area contributed by atoms with Gasteiger partial charge in [0.05, 0.1) is 39.6 Å². The molecule has 3 N–H and O–H groups in total. The maximum atomic E-state index is 13.3. The van der Waals surface area contributed by atoms with Crippen LogP contribution in [0.5, 0.6) is 11.5 Å². The van der Waals surface area contributed by atoms with E-state index >= 15 is 0 Å². The zero-order valence-electron chi connectivity index (χ0n) is 36.6. The largest absolute Gasteiger partial charge is 0.497 e. The number of aromatic amines is 1. The number of nitrogens with zero attached hydrogens (tertiary/aromatic N) is 5. The van der Waals surface area contributed by atoms with E-state index in [1.54, 1.807) is 32.6 Å². The van der Waals surface area contributed by atoms with Crippen molar-refractivity contribution in [3.8, 4) is 17.6 Å². The third-order valence-corrected chi connectivity index (χ3v) is 13.9. The van der Waals surface area contributed by atoms with Crippen LogP contribution < -0.4 is 20.3 Å². The van der Waals surface area contributed by atoms with Gasteiger partial charge in [-0.1, -0.05) is 68.4 Å². The summed E-state index contributed by atoms with van der Waals surface area (Å²) in [5, 5.41) is 12.5. The number of anilines is 1. The van der Waals surface area contributed by atoms with Crippen LogP contribution in [0.3, 0.4) is 0 Å². The van der Waals surface area contributed by atoms with Gasteiger partial charge >= 0.3 is 7.87 Å². The zero-order valence-corrected chi connectivity index (χ0v) is 37.5. The van der Waals surface area contributed by atoms with E-state index in [4.69, 9.17) is 28.2 Å². The molecule has 0 aliphatic carbocycles. The Kier molecular flexibility index (Phi) is 14.8. The van der Waals surface area contributed by atoms with Crippen LogP contribution in [0, 0.1) is 17.2 Å². The van der Waals surface area contributed by atoms with Gasteiger partial charge in [0.25, 0.3) is 5.56 Å². The highest BCUT2D eigenvalue weighted by Gasteiger charge is 2.58. The number of benzene rings is 3. The number of hydrogen-bond donors (Lipinski definition) is 3. The van der Waals surface area contributed by atoms with Crippen LogP contribution in [0.4, 0.5) is 5.95 Å². The van der Waals surface area contributed by atoms with Crippen LogP contribution >= 0.6 is 7.87 Å². The SMILES string of the molecule is COc1ccc(C(OC[C@H]2O[C@@H](n3cnc4c(=O)[nH]c(NC(=O)C(C)C)nc43)[C@H](OC)[C@@H]2O[P+](O)(CCC#N)N(C(C)C)C(C)C)(c2ccccc2)c2ccc(OC)cc2)cc1. The van der Waals surface area contributed by atoms with E-state index in [1.807, 2.05) is 111 Å². The number of nitriles is 1. The molecule has 1 fully saturated rings. The minimum Gasteiger partial charge on any atom is -0.497 e. The van der Waals surface area contributed by atoms with Gasteiger partial charge in [0.1, 0.15) is 35.5 Å². The van der Waals surface area contributed by atoms with Crippen molar-refractivity contribution in [1.82, 2.24) is 24.2 Å². The number of imidazole rings is 1. The smallest absolute Gasteiger partial charge is 0.347 e. The number of carbonyl (C=O) groups is 1. The van der Waals surface area contributed by atoms with Crippen molar-refractivity contribution in [3.05, 3.63) is 112 Å². The summed E-state index contributed by atoms with van der Waals surface area (Å²) in [6.45, 7) is 11.2. The van der Waals surface area contributed by atoms with Gasteiger partial charge < -0.3 is 23.7 Å².